The fourth-order valence-electron chi connectivity index (χ4n) is 2.41. The zero-order chi connectivity index (χ0) is 14.6. The Morgan fingerprint density at radius 2 is 1.84 bits per heavy atom. The lowest BCUT2D eigenvalue weighted by molar-refractivity contribution is -0.149. The summed E-state index contributed by atoms with van der Waals surface area (Å²) < 4.78 is 6.00. The van der Waals surface area contributed by atoms with Crippen LogP contribution in [-0.4, -0.2) is 32.1 Å². The Hall–Kier alpha value is -0.870. The van der Waals surface area contributed by atoms with Gasteiger partial charge in [-0.2, -0.15) is 0 Å². The van der Waals surface area contributed by atoms with Crippen molar-refractivity contribution in [2.75, 3.05) is 21.2 Å². The number of nitrogens with zero attached hydrogens (tertiary/aromatic N) is 1. The quantitative estimate of drug-likeness (QED) is 0.775. The van der Waals surface area contributed by atoms with Gasteiger partial charge in [-0.25, -0.2) is 0 Å². The number of ether oxygens (including phenoxy) is 1. The molecule has 3 nitrogen and oxygen atoms in total. The Kier molecular flexibility index (Phi) is 6.01. The first kappa shape index (κ1) is 16.2. The Morgan fingerprint density at radius 3 is 2.26 bits per heavy atom. The van der Waals surface area contributed by atoms with Gasteiger partial charge in [0.2, 0.25) is 0 Å². The van der Waals surface area contributed by atoms with Gasteiger partial charge in [0.25, 0.3) is 0 Å². The number of carbonyl (C=O) groups is 1. The predicted octanol–water partition coefficient (Wildman–Crippen LogP) is 3.50. The first-order valence-electron chi connectivity index (χ1n) is 6.38. The van der Waals surface area contributed by atoms with Gasteiger partial charge in [-0.15, -0.1) is 0 Å². The Bertz CT molecular complexity index is 432. The van der Waals surface area contributed by atoms with E-state index < -0.39 is 0 Å². The highest BCUT2D eigenvalue weighted by Crippen LogP contribution is 2.36. The molecule has 1 rings (SSSR count). The summed E-state index contributed by atoms with van der Waals surface area (Å²) >= 11 is 3.57. The van der Waals surface area contributed by atoms with Gasteiger partial charge in [0.1, 0.15) is 0 Å². The molecule has 0 aliphatic carbocycles. The van der Waals surface area contributed by atoms with Crippen LogP contribution in [-0.2, 0) is 9.53 Å². The number of benzene rings is 1. The van der Waals surface area contributed by atoms with Gasteiger partial charge < -0.3 is 9.64 Å². The largest absolute Gasteiger partial charge is 0.469 e. The molecule has 0 spiro atoms. The molecule has 0 aliphatic heterocycles. The molecule has 2 unspecified atom stereocenters. The number of rotatable bonds is 5. The number of carbonyl (C=O) groups excluding carboxylic acids is 1. The van der Waals surface area contributed by atoms with Gasteiger partial charge in [-0.05, 0) is 31.6 Å². The van der Waals surface area contributed by atoms with Crippen LogP contribution in [0.3, 0.4) is 0 Å². The molecule has 19 heavy (non-hydrogen) atoms. The number of methoxy groups -OCH3 is 1. The van der Waals surface area contributed by atoms with Crippen molar-refractivity contribution in [2.45, 2.75) is 19.9 Å². The smallest absolute Gasteiger partial charge is 0.310 e. The fraction of sp³-hybridized carbons (Fsp3) is 0.533. The first-order chi connectivity index (χ1) is 8.90. The van der Waals surface area contributed by atoms with E-state index in [0.717, 1.165) is 10.0 Å². The van der Waals surface area contributed by atoms with Crippen molar-refractivity contribution in [2.24, 2.45) is 11.8 Å². The highest BCUT2D eigenvalue weighted by atomic mass is 79.9. The van der Waals surface area contributed by atoms with Crippen LogP contribution in [0.2, 0.25) is 0 Å². The number of hydrogen-bond acceptors (Lipinski definition) is 3. The van der Waals surface area contributed by atoms with E-state index in [2.05, 4.69) is 34.7 Å². The van der Waals surface area contributed by atoms with E-state index in [1.54, 1.807) is 0 Å². The lowest BCUT2D eigenvalue weighted by atomic mass is 9.84. The summed E-state index contributed by atoms with van der Waals surface area (Å²) in [7, 11) is 5.43. The Balaban J connectivity index is 3.26. The molecule has 2 atom stereocenters. The monoisotopic (exact) mass is 327 g/mol. The number of halogens is 1. The maximum Gasteiger partial charge on any atom is 0.310 e. The molecule has 0 saturated carbocycles. The second-order valence-corrected chi connectivity index (χ2v) is 6.08. The minimum absolute atomic E-state index is 0.0111. The van der Waals surface area contributed by atoms with Crippen LogP contribution in [0.25, 0.3) is 0 Å². The molecule has 1 aromatic carbocycles. The van der Waals surface area contributed by atoms with E-state index in [4.69, 9.17) is 4.74 Å². The highest BCUT2D eigenvalue weighted by Gasteiger charge is 2.35. The Morgan fingerprint density at radius 1 is 1.26 bits per heavy atom. The van der Waals surface area contributed by atoms with Crippen molar-refractivity contribution in [1.82, 2.24) is 4.90 Å². The number of hydrogen-bond donors (Lipinski definition) is 0. The van der Waals surface area contributed by atoms with Crippen LogP contribution in [0.1, 0.15) is 25.5 Å². The second kappa shape index (κ2) is 7.06. The van der Waals surface area contributed by atoms with Gasteiger partial charge in [-0.3, -0.25) is 4.79 Å². The van der Waals surface area contributed by atoms with Crippen LogP contribution in [0.15, 0.2) is 28.7 Å². The molecule has 4 heteroatoms. The predicted molar refractivity (Wildman–Crippen MR) is 80.9 cm³/mol. The zero-order valence-corrected chi connectivity index (χ0v) is 13.8. The molecule has 0 aliphatic rings. The summed E-state index contributed by atoms with van der Waals surface area (Å²) in [6.45, 7) is 4.10. The van der Waals surface area contributed by atoms with Crippen LogP contribution >= 0.6 is 15.9 Å². The minimum Gasteiger partial charge on any atom is -0.469 e. The third-order valence-corrected chi connectivity index (χ3v) is 4.03. The van der Waals surface area contributed by atoms with E-state index >= 15 is 0 Å². The van der Waals surface area contributed by atoms with E-state index in [0.29, 0.717) is 0 Å². The van der Waals surface area contributed by atoms with Gasteiger partial charge in [0.05, 0.1) is 13.0 Å². The molecule has 106 valence electrons. The molecule has 1 aromatic rings. The summed E-state index contributed by atoms with van der Waals surface area (Å²) in [6.07, 6.45) is 0. The molecule has 0 heterocycles. The van der Waals surface area contributed by atoms with Crippen LogP contribution in [0.5, 0.6) is 0 Å². The van der Waals surface area contributed by atoms with E-state index in [1.807, 2.05) is 38.4 Å². The summed E-state index contributed by atoms with van der Waals surface area (Å²) in [6, 6.07) is 8.00. The topological polar surface area (TPSA) is 29.5 Å². The van der Waals surface area contributed by atoms with Crippen molar-refractivity contribution >= 4 is 21.9 Å². The zero-order valence-electron chi connectivity index (χ0n) is 12.2. The van der Waals surface area contributed by atoms with Gasteiger partial charge >= 0.3 is 5.97 Å². The maximum absolute atomic E-state index is 12.1. The van der Waals surface area contributed by atoms with Crippen LogP contribution < -0.4 is 0 Å². The summed E-state index contributed by atoms with van der Waals surface area (Å²) in [5.74, 6) is -0.157. The average Bonchev–Trinajstić information content (AvgIpc) is 2.35. The second-order valence-electron chi connectivity index (χ2n) is 5.22. The normalized spacial score (nSPS) is 14.5. The van der Waals surface area contributed by atoms with Crippen LogP contribution in [0.4, 0.5) is 0 Å². The van der Waals surface area contributed by atoms with Gasteiger partial charge in [0.15, 0.2) is 0 Å². The van der Waals surface area contributed by atoms with Crippen molar-refractivity contribution in [3.05, 3.63) is 34.3 Å². The molecule has 0 fully saturated rings. The van der Waals surface area contributed by atoms with E-state index in [-0.39, 0.29) is 23.8 Å². The molecule has 0 aromatic heterocycles. The number of esters is 1. The van der Waals surface area contributed by atoms with Crippen molar-refractivity contribution in [1.29, 1.82) is 0 Å². The maximum atomic E-state index is 12.1. The van der Waals surface area contributed by atoms with E-state index in [9.17, 15) is 4.79 Å². The third-order valence-electron chi connectivity index (χ3n) is 3.31. The standard InChI is InChI=1S/C15H22BrNO2/c1-10(2)13(15(18)19-5)14(17(3)4)11-8-6-7-9-12(11)16/h6-10,13-14H,1-5H3. The van der Waals surface area contributed by atoms with Crippen molar-refractivity contribution in [3.63, 3.8) is 0 Å². The molecule has 0 N–H and O–H groups in total. The SMILES string of the molecule is COC(=O)C(C(C)C)C(c1ccccc1Br)N(C)C. The van der Waals surface area contributed by atoms with Gasteiger partial charge in [-0.1, -0.05) is 48.0 Å². The summed E-state index contributed by atoms with van der Waals surface area (Å²) in [4.78, 5) is 14.2. The molecule has 0 saturated heterocycles. The van der Waals surface area contributed by atoms with Gasteiger partial charge in [0, 0.05) is 10.5 Å². The summed E-state index contributed by atoms with van der Waals surface area (Å²) in [5.41, 5.74) is 1.11. The molecular weight excluding hydrogens is 306 g/mol. The molecule has 0 bridgehead atoms. The van der Waals surface area contributed by atoms with Crippen LogP contribution in [0, 0.1) is 11.8 Å². The lowest BCUT2D eigenvalue weighted by Crippen LogP contribution is -2.36. The molecule has 0 radical (unpaired) electrons. The minimum atomic E-state index is -0.196. The van der Waals surface area contributed by atoms with Crippen molar-refractivity contribution in [3.8, 4) is 0 Å². The van der Waals surface area contributed by atoms with E-state index in [1.165, 1.54) is 7.11 Å². The lowest BCUT2D eigenvalue weighted by Gasteiger charge is -2.34. The average molecular weight is 328 g/mol. The Labute approximate surface area is 124 Å². The van der Waals surface area contributed by atoms with Crippen molar-refractivity contribution < 1.29 is 9.53 Å². The third kappa shape index (κ3) is 3.80. The fourth-order valence-corrected chi connectivity index (χ4v) is 2.93. The highest BCUT2D eigenvalue weighted by molar-refractivity contribution is 9.10. The first-order valence-corrected chi connectivity index (χ1v) is 7.18. The molecular formula is C15H22BrNO2. The summed E-state index contributed by atoms with van der Waals surface area (Å²) in [5, 5.41) is 0. The molecule has 0 amide bonds.